The Bertz CT molecular complexity index is 276. The molecule has 2 nitrogen and oxygen atoms in total. The van der Waals surface area contributed by atoms with E-state index < -0.39 is 0 Å². The summed E-state index contributed by atoms with van der Waals surface area (Å²) in [4.78, 5) is 2.83. The third-order valence-electron chi connectivity index (χ3n) is 5.91. The van der Waals surface area contributed by atoms with Gasteiger partial charge >= 0.3 is 0 Å². The zero-order valence-electron chi connectivity index (χ0n) is 13.3. The molecule has 3 unspecified atom stereocenters. The average Bonchev–Trinajstić information content (AvgIpc) is 2.81. The molecular formula is C17H34N2. The number of hydrogen-bond acceptors (Lipinski definition) is 2. The molecule has 2 N–H and O–H groups in total. The third kappa shape index (κ3) is 3.16. The standard InChI is InChI=1S/C17H34N2/c1-4-15-7-5-10-17(13-18,11-9-15)19-12-6-8-16(19)14(2)3/h14-16H,4-13,18H2,1-3H3. The van der Waals surface area contributed by atoms with Crippen LogP contribution >= 0.6 is 0 Å². The molecule has 0 aromatic carbocycles. The Morgan fingerprint density at radius 2 is 1.95 bits per heavy atom. The van der Waals surface area contributed by atoms with Crippen LogP contribution in [-0.2, 0) is 0 Å². The lowest BCUT2D eigenvalue weighted by Gasteiger charge is -2.45. The van der Waals surface area contributed by atoms with Crippen molar-refractivity contribution in [3.8, 4) is 0 Å². The smallest absolute Gasteiger partial charge is 0.0334 e. The van der Waals surface area contributed by atoms with Gasteiger partial charge in [-0.05, 0) is 50.5 Å². The second kappa shape index (κ2) is 6.58. The van der Waals surface area contributed by atoms with Gasteiger partial charge in [-0.15, -0.1) is 0 Å². The second-order valence-electron chi connectivity index (χ2n) is 7.28. The molecule has 3 atom stereocenters. The summed E-state index contributed by atoms with van der Waals surface area (Å²) in [6.45, 7) is 9.29. The van der Waals surface area contributed by atoms with Crippen LogP contribution in [0.4, 0.5) is 0 Å². The van der Waals surface area contributed by atoms with Crippen molar-refractivity contribution < 1.29 is 0 Å². The second-order valence-corrected chi connectivity index (χ2v) is 7.28. The highest BCUT2D eigenvalue weighted by Gasteiger charge is 2.43. The first-order valence-electron chi connectivity index (χ1n) is 8.60. The Balaban J connectivity index is 2.12. The van der Waals surface area contributed by atoms with E-state index in [1.165, 1.54) is 57.9 Å². The molecular weight excluding hydrogens is 232 g/mol. The van der Waals surface area contributed by atoms with Gasteiger partial charge in [0.1, 0.15) is 0 Å². The Hall–Kier alpha value is -0.0800. The Kier molecular flexibility index (Phi) is 5.30. The van der Waals surface area contributed by atoms with Crippen molar-refractivity contribution in [2.45, 2.75) is 83.7 Å². The maximum Gasteiger partial charge on any atom is 0.0334 e. The summed E-state index contributed by atoms with van der Waals surface area (Å²) in [5, 5.41) is 0. The minimum Gasteiger partial charge on any atom is -0.329 e. The first kappa shape index (κ1) is 15.3. The highest BCUT2D eigenvalue weighted by Crippen LogP contribution is 2.40. The molecule has 0 spiro atoms. The molecule has 1 aliphatic carbocycles. The van der Waals surface area contributed by atoms with Crippen LogP contribution in [0.2, 0.25) is 0 Å². The van der Waals surface area contributed by atoms with Gasteiger partial charge in [-0.3, -0.25) is 4.90 Å². The van der Waals surface area contributed by atoms with E-state index in [9.17, 15) is 0 Å². The summed E-state index contributed by atoms with van der Waals surface area (Å²) < 4.78 is 0. The normalized spacial score (nSPS) is 37.7. The fourth-order valence-corrected chi connectivity index (χ4v) is 4.55. The summed E-state index contributed by atoms with van der Waals surface area (Å²) in [6, 6.07) is 0.779. The van der Waals surface area contributed by atoms with E-state index in [4.69, 9.17) is 5.73 Å². The lowest BCUT2D eigenvalue weighted by Crippen LogP contribution is -2.56. The van der Waals surface area contributed by atoms with E-state index in [0.29, 0.717) is 5.54 Å². The van der Waals surface area contributed by atoms with Crippen LogP contribution < -0.4 is 5.73 Å². The quantitative estimate of drug-likeness (QED) is 0.784. The van der Waals surface area contributed by atoms with Gasteiger partial charge in [-0.2, -0.15) is 0 Å². The number of nitrogens with two attached hydrogens (primary N) is 1. The molecule has 1 heterocycles. The number of hydrogen-bond donors (Lipinski definition) is 1. The molecule has 2 rings (SSSR count). The molecule has 19 heavy (non-hydrogen) atoms. The monoisotopic (exact) mass is 266 g/mol. The summed E-state index contributed by atoms with van der Waals surface area (Å²) >= 11 is 0. The van der Waals surface area contributed by atoms with Crippen LogP contribution in [0.3, 0.4) is 0 Å². The topological polar surface area (TPSA) is 29.3 Å². The molecule has 0 amide bonds. The van der Waals surface area contributed by atoms with Gasteiger partial charge in [0.2, 0.25) is 0 Å². The fourth-order valence-electron chi connectivity index (χ4n) is 4.55. The molecule has 0 aromatic heterocycles. The van der Waals surface area contributed by atoms with Gasteiger partial charge < -0.3 is 5.73 Å². The predicted molar refractivity (Wildman–Crippen MR) is 83.2 cm³/mol. The van der Waals surface area contributed by atoms with Gasteiger partial charge in [-0.1, -0.05) is 40.0 Å². The van der Waals surface area contributed by atoms with E-state index in [-0.39, 0.29) is 0 Å². The van der Waals surface area contributed by atoms with Crippen molar-refractivity contribution in [1.82, 2.24) is 4.90 Å². The highest BCUT2D eigenvalue weighted by molar-refractivity contribution is 4.99. The van der Waals surface area contributed by atoms with Crippen molar-refractivity contribution in [3.63, 3.8) is 0 Å². The molecule has 0 aromatic rings. The molecule has 1 aliphatic heterocycles. The van der Waals surface area contributed by atoms with Crippen LogP contribution in [0.15, 0.2) is 0 Å². The van der Waals surface area contributed by atoms with E-state index in [1.807, 2.05) is 0 Å². The predicted octanol–water partition coefficient (Wildman–Crippen LogP) is 3.79. The lowest BCUT2D eigenvalue weighted by molar-refractivity contribution is 0.0460. The SMILES string of the molecule is CCC1CCCC(CN)(N2CCCC2C(C)C)CC1. The minimum absolute atomic E-state index is 0.329. The maximum absolute atomic E-state index is 6.30. The first-order chi connectivity index (χ1) is 9.13. The van der Waals surface area contributed by atoms with Crippen molar-refractivity contribution >= 4 is 0 Å². The van der Waals surface area contributed by atoms with E-state index in [2.05, 4.69) is 25.7 Å². The van der Waals surface area contributed by atoms with Crippen molar-refractivity contribution in [3.05, 3.63) is 0 Å². The van der Waals surface area contributed by atoms with Crippen LogP contribution in [0.1, 0.15) is 72.1 Å². The van der Waals surface area contributed by atoms with E-state index in [1.54, 1.807) is 0 Å². The first-order valence-corrected chi connectivity index (χ1v) is 8.60. The van der Waals surface area contributed by atoms with Crippen LogP contribution in [0.25, 0.3) is 0 Å². The molecule has 2 heteroatoms. The molecule has 1 saturated heterocycles. The molecule has 0 bridgehead atoms. The summed E-state index contributed by atoms with van der Waals surface area (Å²) in [5.41, 5.74) is 6.62. The average molecular weight is 266 g/mol. The third-order valence-corrected chi connectivity index (χ3v) is 5.91. The number of likely N-dealkylation sites (tertiary alicyclic amines) is 1. The van der Waals surface area contributed by atoms with Gasteiger partial charge in [-0.25, -0.2) is 0 Å². The van der Waals surface area contributed by atoms with Gasteiger partial charge in [0.15, 0.2) is 0 Å². The summed E-state index contributed by atoms with van der Waals surface area (Å²) in [5.74, 6) is 1.73. The van der Waals surface area contributed by atoms with Gasteiger partial charge in [0.25, 0.3) is 0 Å². The zero-order valence-corrected chi connectivity index (χ0v) is 13.3. The Labute approximate surface area is 120 Å². The molecule has 0 radical (unpaired) electrons. The largest absolute Gasteiger partial charge is 0.329 e. The van der Waals surface area contributed by atoms with Crippen molar-refractivity contribution in [2.24, 2.45) is 17.6 Å². The lowest BCUT2D eigenvalue weighted by atomic mass is 9.85. The molecule has 1 saturated carbocycles. The fraction of sp³-hybridized carbons (Fsp3) is 1.00. The van der Waals surface area contributed by atoms with E-state index in [0.717, 1.165) is 24.4 Å². The minimum atomic E-state index is 0.329. The maximum atomic E-state index is 6.30. The van der Waals surface area contributed by atoms with Crippen molar-refractivity contribution in [2.75, 3.05) is 13.1 Å². The van der Waals surface area contributed by atoms with E-state index >= 15 is 0 Å². The molecule has 112 valence electrons. The molecule has 2 fully saturated rings. The van der Waals surface area contributed by atoms with Crippen LogP contribution in [0.5, 0.6) is 0 Å². The number of nitrogens with zero attached hydrogens (tertiary/aromatic N) is 1. The van der Waals surface area contributed by atoms with Gasteiger partial charge in [0, 0.05) is 18.1 Å². The Morgan fingerprint density at radius 1 is 1.16 bits per heavy atom. The number of rotatable bonds is 4. The van der Waals surface area contributed by atoms with Crippen molar-refractivity contribution in [1.29, 1.82) is 0 Å². The van der Waals surface area contributed by atoms with Gasteiger partial charge in [0.05, 0.1) is 0 Å². The Morgan fingerprint density at radius 3 is 2.58 bits per heavy atom. The molecule has 2 aliphatic rings. The van der Waals surface area contributed by atoms with Crippen LogP contribution in [0, 0.1) is 11.8 Å². The summed E-state index contributed by atoms with van der Waals surface area (Å²) in [6.07, 6.45) is 11.0. The van der Waals surface area contributed by atoms with Crippen LogP contribution in [-0.4, -0.2) is 29.6 Å². The summed E-state index contributed by atoms with van der Waals surface area (Å²) in [7, 11) is 0. The highest BCUT2D eigenvalue weighted by atomic mass is 15.3. The zero-order chi connectivity index (χ0) is 13.9.